The third kappa shape index (κ3) is 3.80. The largest absolute Gasteiger partial charge is 0.416 e. The van der Waals surface area contributed by atoms with Crippen LogP contribution < -0.4 is 10.0 Å². The highest BCUT2D eigenvalue weighted by Gasteiger charge is 2.32. The second-order valence-electron chi connectivity index (χ2n) is 5.59. The summed E-state index contributed by atoms with van der Waals surface area (Å²) in [5.41, 5.74) is -0.768. The lowest BCUT2D eigenvalue weighted by Gasteiger charge is -2.30. The molecule has 0 saturated carbocycles. The predicted octanol–water partition coefficient (Wildman–Crippen LogP) is 2.43. The third-order valence-corrected chi connectivity index (χ3v) is 5.51. The van der Waals surface area contributed by atoms with Gasteiger partial charge in [0.05, 0.1) is 10.5 Å². The Labute approximate surface area is 128 Å². The number of nitrogens with one attached hydrogen (secondary N) is 2. The van der Waals surface area contributed by atoms with Gasteiger partial charge in [-0.25, -0.2) is 13.1 Å². The zero-order chi connectivity index (χ0) is 16.5. The molecule has 0 aromatic heterocycles. The van der Waals surface area contributed by atoms with E-state index in [4.69, 9.17) is 0 Å². The molecule has 0 bridgehead atoms. The molecular formula is C14H19F3N2O2S. The summed E-state index contributed by atoms with van der Waals surface area (Å²) in [6.45, 7) is 4.08. The van der Waals surface area contributed by atoms with Crippen LogP contribution in [0.2, 0.25) is 0 Å². The van der Waals surface area contributed by atoms with Gasteiger partial charge >= 0.3 is 6.18 Å². The Morgan fingerprint density at radius 2 is 2.00 bits per heavy atom. The molecule has 1 aromatic rings. The number of halogens is 3. The Bertz CT molecular complexity index is 644. The monoisotopic (exact) mass is 336 g/mol. The summed E-state index contributed by atoms with van der Waals surface area (Å²) in [6.07, 6.45) is -2.93. The van der Waals surface area contributed by atoms with Crippen LogP contribution in [0.15, 0.2) is 23.1 Å². The summed E-state index contributed by atoms with van der Waals surface area (Å²) in [6, 6.07) is 2.39. The maximum Gasteiger partial charge on any atom is 0.416 e. The first kappa shape index (κ1) is 17.2. The summed E-state index contributed by atoms with van der Waals surface area (Å²) < 4.78 is 65.3. The molecule has 0 amide bonds. The molecule has 1 fully saturated rings. The molecule has 1 saturated heterocycles. The van der Waals surface area contributed by atoms with Crippen LogP contribution in [0.3, 0.4) is 0 Å². The molecule has 22 heavy (non-hydrogen) atoms. The second kappa shape index (κ2) is 6.17. The molecule has 0 radical (unpaired) electrons. The van der Waals surface area contributed by atoms with Gasteiger partial charge in [0.1, 0.15) is 0 Å². The molecule has 8 heteroatoms. The molecule has 1 aromatic carbocycles. The number of hydrogen-bond acceptors (Lipinski definition) is 3. The molecule has 2 rings (SSSR count). The second-order valence-corrected chi connectivity index (χ2v) is 7.27. The predicted molar refractivity (Wildman–Crippen MR) is 77.0 cm³/mol. The van der Waals surface area contributed by atoms with Gasteiger partial charge < -0.3 is 5.32 Å². The zero-order valence-electron chi connectivity index (χ0n) is 12.4. The van der Waals surface area contributed by atoms with E-state index in [2.05, 4.69) is 10.0 Å². The third-order valence-electron chi connectivity index (χ3n) is 3.86. The molecule has 2 N–H and O–H groups in total. The van der Waals surface area contributed by atoms with Crippen molar-refractivity contribution in [2.45, 2.75) is 49.8 Å². The maximum absolute atomic E-state index is 12.6. The number of hydrogen-bond donors (Lipinski definition) is 2. The van der Waals surface area contributed by atoms with Gasteiger partial charge in [-0.2, -0.15) is 13.2 Å². The van der Waals surface area contributed by atoms with Crippen molar-refractivity contribution in [2.24, 2.45) is 0 Å². The molecular weight excluding hydrogens is 317 g/mol. The molecule has 0 spiro atoms. The van der Waals surface area contributed by atoms with Crippen molar-refractivity contribution in [3.63, 3.8) is 0 Å². The van der Waals surface area contributed by atoms with E-state index >= 15 is 0 Å². The fraction of sp³-hybridized carbons (Fsp3) is 0.571. The van der Waals surface area contributed by atoms with E-state index in [0.29, 0.717) is 6.42 Å². The van der Waals surface area contributed by atoms with Gasteiger partial charge in [-0.05, 0) is 57.0 Å². The van der Waals surface area contributed by atoms with E-state index < -0.39 is 21.8 Å². The summed E-state index contributed by atoms with van der Waals surface area (Å²) in [5.74, 6) is 0. The van der Waals surface area contributed by atoms with Gasteiger partial charge in [0, 0.05) is 12.1 Å². The van der Waals surface area contributed by atoms with Gasteiger partial charge in [-0.3, -0.25) is 0 Å². The van der Waals surface area contributed by atoms with E-state index in [9.17, 15) is 21.6 Å². The molecule has 2 unspecified atom stereocenters. The number of alkyl halides is 3. The lowest BCUT2D eigenvalue weighted by atomic mass is 10.0. The standard InChI is InChI=1S/C14H19F3N2O2S/c1-9-8-11(14(15,16)17)5-6-13(9)22(20,21)19-12-4-3-7-18-10(12)2/h5-6,8,10,12,18-19H,3-4,7H2,1-2H3. The summed E-state index contributed by atoms with van der Waals surface area (Å²) in [4.78, 5) is -0.113. The average Bonchev–Trinajstić information content (AvgIpc) is 2.40. The Balaban J connectivity index is 2.26. The molecule has 1 aliphatic rings. The number of aryl methyl sites for hydroxylation is 1. The highest BCUT2D eigenvalue weighted by Crippen LogP contribution is 2.31. The fourth-order valence-corrected chi connectivity index (χ4v) is 4.17. The lowest BCUT2D eigenvalue weighted by Crippen LogP contribution is -2.51. The summed E-state index contributed by atoms with van der Waals surface area (Å²) in [7, 11) is -3.84. The van der Waals surface area contributed by atoms with Crippen molar-refractivity contribution in [2.75, 3.05) is 6.54 Å². The van der Waals surface area contributed by atoms with Gasteiger partial charge in [0.2, 0.25) is 10.0 Å². The zero-order valence-corrected chi connectivity index (χ0v) is 13.2. The van der Waals surface area contributed by atoms with Crippen LogP contribution in [0.1, 0.15) is 30.9 Å². The van der Waals surface area contributed by atoms with Gasteiger partial charge in [0.25, 0.3) is 0 Å². The Morgan fingerprint density at radius 3 is 2.55 bits per heavy atom. The number of rotatable bonds is 3. The minimum atomic E-state index is -4.48. The Morgan fingerprint density at radius 1 is 1.32 bits per heavy atom. The topological polar surface area (TPSA) is 58.2 Å². The van der Waals surface area contributed by atoms with Crippen molar-refractivity contribution in [3.05, 3.63) is 29.3 Å². The molecule has 4 nitrogen and oxygen atoms in total. The van der Waals surface area contributed by atoms with Crippen LogP contribution in [0, 0.1) is 6.92 Å². The highest BCUT2D eigenvalue weighted by atomic mass is 32.2. The van der Waals surface area contributed by atoms with Crippen molar-refractivity contribution >= 4 is 10.0 Å². The first-order valence-corrected chi connectivity index (χ1v) is 8.53. The molecule has 1 aliphatic heterocycles. The van der Waals surface area contributed by atoms with Crippen molar-refractivity contribution in [1.29, 1.82) is 0 Å². The first-order valence-electron chi connectivity index (χ1n) is 7.05. The SMILES string of the molecule is Cc1cc(C(F)(F)F)ccc1S(=O)(=O)NC1CCCNC1C. The molecule has 2 atom stereocenters. The highest BCUT2D eigenvalue weighted by molar-refractivity contribution is 7.89. The molecule has 1 heterocycles. The van der Waals surface area contributed by atoms with E-state index in [-0.39, 0.29) is 22.5 Å². The summed E-state index contributed by atoms with van der Waals surface area (Å²) >= 11 is 0. The van der Waals surface area contributed by atoms with Crippen molar-refractivity contribution < 1.29 is 21.6 Å². The van der Waals surface area contributed by atoms with Gasteiger partial charge in [0.15, 0.2) is 0 Å². The maximum atomic E-state index is 12.6. The van der Waals surface area contributed by atoms with Crippen LogP contribution in [0.4, 0.5) is 13.2 Å². The van der Waals surface area contributed by atoms with Gasteiger partial charge in [-0.15, -0.1) is 0 Å². The number of sulfonamides is 1. The van der Waals surface area contributed by atoms with E-state index in [1.54, 1.807) is 0 Å². The minimum absolute atomic E-state index is 0.0155. The van der Waals surface area contributed by atoms with E-state index in [0.717, 1.165) is 31.2 Å². The van der Waals surface area contributed by atoms with Gasteiger partial charge in [-0.1, -0.05) is 0 Å². The smallest absolute Gasteiger partial charge is 0.313 e. The van der Waals surface area contributed by atoms with Crippen LogP contribution in [-0.4, -0.2) is 27.0 Å². The molecule has 0 aliphatic carbocycles. The van der Waals surface area contributed by atoms with Crippen LogP contribution in [0.25, 0.3) is 0 Å². The Kier molecular flexibility index (Phi) is 4.84. The van der Waals surface area contributed by atoms with E-state index in [1.807, 2.05) is 6.92 Å². The minimum Gasteiger partial charge on any atom is -0.313 e. The normalized spacial score (nSPS) is 23.5. The molecule has 124 valence electrons. The number of piperidine rings is 1. The van der Waals surface area contributed by atoms with Crippen LogP contribution in [-0.2, 0) is 16.2 Å². The average molecular weight is 336 g/mol. The van der Waals surface area contributed by atoms with Crippen molar-refractivity contribution in [3.8, 4) is 0 Å². The Hall–Kier alpha value is -1.12. The van der Waals surface area contributed by atoms with E-state index in [1.165, 1.54) is 6.92 Å². The van der Waals surface area contributed by atoms with Crippen molar-refractivity contribution in [1.82, 2.24) is 10.0 Å². The van der Waals surface area contributed by atoms with Crippen LogP contribution in [0.5, 0.6) is 0 Å². The first-order chi connectivity index (χ1) is 10.1. The summed E-state index contributed by atoms with van der Waals surface area (Å²) in [5, 5.41) is 3.17. The number of benzene rings is 1. The van der Waals surface area contributed by atoms with Crippen LogP contribution >= 0.6 is 0 Å². The quantitative estimate of drug-likeness (QED) is 0.891. The lowest BCUT2D eigenvalue weighted by molar-refractivity contribution is -0.137. The fourth-order valence-electron chi connectivity index (χ4n) is 2.59.